The first-order valence-corrected chi connectivity index (χ1v) is 10.0. The molecule has 7 nitrogen and oxygen atoms in total. The minimum atomic E-state index is -0.104. The number of methoxy groups -OCH3 is 1. The normalized spacial score (nSPS) is 16.3. The predicted molar refractivity (Wildman–Crippen MR) is 111 cm³/mol. The minimum absolute atomic E-state index is 0.0813. The SMILES string of the molecule is COc1cccc(CN2CC(c3nc(-c4ccc(OC(C)C)cc4)no3)CC2=O)c1. The Kier molecular flexibility index (Phi) is 5.70. The molecule has 30 heavy (non-hydrogen) atoms. The molecule has 0 bridgehead atoms. The van der Waals surface area contributed by atoms with Gasteiger partial charge in [-0.2, -0.15) is 4.98 Å². The van der Waals surface area contributed by atoms with Gasteiger partial charge in [0, 0.05) is 25.1 Å². The quantitative estimate of drug-likeness (QED) is 0.588. The van der Waals surface area contributed by atoms with Gasteiger partial charge in [-0.25, -0.2) is 0 Å². The third-order valence-corrected chi connectivity index (χ3v) is 5.00. The zero-order chi connectivity index (χ0) is 21.1. The number of amides is 1. The summed E-state index contributed by atoms with van der Waals surface area (Å²) in [6, 6.07) is 15.3. The van der Waals surface area contributed by atoms with E-state index in [2.05, 4.69) is 10.1 Å². The van der Waals surface area contributed by atoms with Crippen molar-refractivity contribution in [2.24, 2.45) is 0 Å². The summed E-state index contributed by atoms with van der Waals surface area (Å²) >= 11 is 0. The van der Waals surface area contributed by atoms with E-state index in [9.17, 15) is 4.79 Å². The summed E-state index contributed by atoms with van der Waals surface area (Å²) in [7, 11) is 1.63. The summed E-state index contributed by atoms with van der Waals surface area (Å²) in [5.74, 6) is 2.56. The number of benzene rings is 2. The second-order valence-corrected chi connectivity index (χ2v) is 7.67. The van der Waals surface area contributed by atoms with E-state index < -0.39 is 0 Å². The van der Waals surface area contributed by atoms with E-state index in [1.54, 1.807) is 7.11 Å². The highest BCUT2D eigenvalue weighted by atomic mass is 16.5. The molecule has 3 aromatic rings. The zero-order valence-electron chi connectivity index (χ0n) is 17.4. The Labute approximate surface area is 175 Å². The number of aromatic nitrogens is 2. The van der Waals surface area contributed by atoms with Crippen LogP contribution in [-0.2, 0) is 11.3 Å². The van der Waals surface area contributed by atoms with Crippen LogP contribution >= 0.6 is 0 Å². The van der Waals surface area contributed by atoms with Crippen LogP contribution in [0.1, 0.15) is 37.6 Å². The van der Waals surface area contributed by atoms with E-state index in [-0.39, 0.29) is 17.9 Å². The van der Waals surface area contributed by atoms with Gasteiger partial charge in [0.15, 0.2) is 0 Å². The van der Waals surface area contributed by atoms with Gasteiger partial charge in [0.25, 0.3) is 0 Å². The predicted octanol–water partition coefficient (Wildman–Crippen LogP) is 4.05. The number of nitrogens with zero attached hydrogens (tertiary/aromatic N) is 3. The lowest BCUT2D eigenvalue weighted by Gasteiger charge is -2.16. The van der Waals surface area contributed by atoms with Crippen LogP contribution in [0.4, 0.5) is 0 Å². The van der Waals surface area contributed by atoms with Crippen molar-refractivity contribution in [2.75, 3.05) is 13.7 Å². The smallest absolute Gasteiger partial charge is 0.232 e. The monoisotopic (exact) mass is 407 g/mol. The molecule has 1 fully saturated rings. The molecule has 1 aromatic heterocycles. The first-order valence-electron chi connectivity index (χ1n) is 10.0. The van der Waals surface area contributed by atoms with Gasteiger partial charge < -0.3 is 18.9 Å². The van der Waals surface area contributed by atoms with Crippen LogP contribution in [0.3, 0.4) is 0 Å². The number of carbonyl (C=O) groups is 1. The lowest BCUT2D eigenvalue weighted by molar-refractivity contribution is -0.128. The van der Waals surface area contributed by atoms with Gasteiger partial charge in [0.1, 0.15) is 11.5 Å². The zero-order valence-corrected chi connectivity index (χ0v) is 17.4. The Balaban J connectivity index is 1.43. The van der Waals surface area contributed by atoms with Crippen LogP contribution < -0.4 is 9.47 Å². The van der Waals surface area contributed by atoms with Crippen LogP contribution in [0.2, 0.25) is 0 Å². The molecular weight excluding hydrogens is 382 g/mol. The summed E-state index contributed by atoms with van der Waals surface area (Å²) in [5, 5.41) is 4.11. The molecule has 156 valence electrons. The number of hydrogen-bond donors (Lipinski definition) is 0. The minimum Gasteiger partial charge on any atom is -0.497 e. The fourth-order valence-electron chi connectivity index (χ4n) is 3.55. The fourth-order valence-corrected chi connectivity index (χ4v) is 3.55. The van der Waals surface area contributed by atoms with Gasteiger partial charge in [0.2, 0.25) is 17.6 Å². The second kappa shape index (κ2) is 8.57. The second-order valence-electron chi connectivity index (χ2n) is 7.67. The molecular formula is C23H25N3O4. The molecule has 2 heterocycles. The van der Waals surface area contributed by atoms with Crippen molar-refractivity contribution in [2.45, 2.75) is 38.8 Å². The third-order valence-electron chi connectivity index (χ3n) is 5.00. The standard InChI is InChI=1S/C23H25N3O4/c1-15(2)29-19-9-7-17(8-10-19)22-24-23(30-25-22)18-12-21(27)26(14-18)13-16-5-4-6-20(11-16)28-3/h4-11,15,18H,12-14H2,1-3H3. The van der Waals surface area contributed by atoms with Crippen LogP contribution in [0.5, 0.6) is 11.5 Å². The van der Waals surface area contributed by atoms with Gasteiger partial charge >= 0.3 is 0 Å². The molecule has 2 aromatic carbocycles. The Morgan fingerprint density at radius 3 is 2.70 bits per heavy atom. The lowest BCUT2D eigenvalue weighted by atomic mass is 10.1. The molecule has 0 saturated carbocycles. The van der Waals surface area contributed by atoms with Gasteiger partial charge in [-0.15, -0.1) is 0 Å². The highest BCUT2D eigenvalue weighted by Crippen LogP contribution is 2.30. The van der Waals surface area contributed by atoms with Crippen molar-refractivity contribution in [1.82, 2.24) is 15.0 Å². The van der Waals surface area contributed by atoms with Crippen molar-refractivity contribution >= 4 is 5.91 Å². The van der Waals surface area contributed by atoms with Gasteiger partial charge in [0.05, 0.1) is 19.1 Å². The molecule has 0 aliphatic carbocycles. The molecule has 0 N–H and O–H groups in total. The van der Waals surface area contributed by atoms with Crippen molar-refractivity contribution in [3.8, 4) is 22.9 Å². The molecule has 0 spiro atoms. The Bertz CT molecular complexity index is 1010. The number of hydrogen-bond acceptors (Lipinski definition) is 6. The first kappa shape index (κ1) is 19.9. The molecule has 7 heteroatoms. The molecule has 1 amide bonds. The number of rotatable bonds is 7. The summed E-state index contributed by atoms with van der Waals surface area (Å²) in [5.41, 5.74) is 1.87. The van der Waals surface area contributed by atoms with Gasteiger partial charge in [-0.1, -0.05) is 17.3 Å². The number of carbonyl (C=O) groups excluding carboxylic acids is 1. The van der Waals surface area contributed by atoms with Crippen molar-refractivity contribution in [3.05, 3.63) is 60.0 Å². The average molecular weight is 407 g/mol. The summed E-state index contributed by atoms with van der Waals surface area (Å²) in [6.45, 7) is 5.06. The van der Waals surface area contributed by atoms with E-state index in [0.717, 1.165) is 22.6 Å². The van der Waals surface area contributed by atoms with E-state index in [0.29, 0.717) is 31.2 Å². The van der Waals surface area contributed by atoms with Crippen LogP contribution in [0, 0.1) is 0 Å². The number of likely N-dealkylation sites (tertiary alicyclic amines) is 1. The largest absolute Gasteiger partial charge is 0.497 e. The maximum atomic E-state index is 12.5. The molecule has 0 radical (unpaired) electrons. The van der Waals surface area contributed by atoms with Gasteiger partial charge in [-0.05, 0) is 55.8 Å². The third kappa shape index (κ3) is 4.45. The van der Waals surface area contributed by atoms with E-state index in [1.807, 2.05) is 67.3 Å². The maximum Gasteiger partial charge on any atom is 0.232 e. The Hall–Kier alpha value is -3.35. The number of ether oxygens (including phenoxy) is 2. The van der Waals surface area contributed by atoms with Crippen LogP contribution in [0.15, 0.2) is 53.1 Å². The highest BCUT2D eigenvalue weighted by molar-refractivity contribution is 5.79. The molecule has 1 unspecified atom stereocenters. The Morgan fingerprint density at radius 1 is 1.17 bits per heavy atom. The fraction of sp³-hybridized carbons (Fsp3) is 0.348. The summed E-state index contributed by atoms with van der Waals surface area (Å²) < 4.78 is 16.4. The molecule has 4 rings (SSSR count). The first-order chi connectivity index (χ1) is 14.5. The van der Waals surface area contributed by atoms with Gasteiger partial charge in [-0.3, -0.25) is 4.79 Å². The molecule has 1 atom stereocenters. The van der Waals surface area contributed by atoms with E-state index in [1.165, 1.54) is 0 Å². The van der Waals surface area contributed by atoms with E-state index in [4.69, 9.17) is 14.0 Å². The highest BCUT2D eigenvalue weighted by Gasteiger charge is 2.34. The van der Waals surface area contributed by atoms with Crippen LogP contribution in [-0.4, -0.2) is 40.7 Å². The Morgan fingerprint density at radius 2 is 1.97 bits per heavy atom. The van der Waals surface area contributed by atoms with E-state index >= 15 is 0 Å². The van der Waals surface area contributed by atoms with Crippen molar-refractivity contribution < 1.29 is 18.8 Å². The molecule has 1 aliphatic heterocycles. The lowest BCUT2D eigenvalue weighted by Crippen LogP contribution is -2.24. The summed E-state index contributed by atoms with van der Waals surface area (Å²) in [6.07, 6.45) is 0.486. The van der Waals surface area contributed by atoms with Crippen molar-refractivity contribution in [1.29, 1.82) is 0 Å². The molecule has 1 aliphatic rings. The van der Waals surface area contributed by atoms with Crippen molar-refractivity contribution in [3.63, 3.8) is 0 Å². The maximum absolute atomic E-state index is 12.5. The average Bonchev–Trinajstić information content (AvgIpc) is 3.36. The summed E-state index contributed by atoms with van der Waals surface area (Å²) in [4.78, 5) is 18.9. The molecule has 1 saturated heterocycles. The van der Waals surface area contributed by atoms with Crippen LogP contribution in [0.25, 0.3) is 11.4 Å². The topological polar surface area (TPSA) is 77.7 Å².